The monoisotopic (exact) mass is 242 g/mol. The first kappa shape index (κ1) is 11.7. The van der Waals surface area contributed by atoms with Crippen molar-refractivity contribution in [3.05, 3.63) is 0 Å². The van der Waals surface area contributed by atoms with Gasteiger partial charge < -0.3 is 5.73 Å². The maximum absolute atomic E-state index is 10.9. The van der Waals surface area contributed by atoms with Crippen molar-refractivity contribution >= 4 is 28.1 Å². The first-order valence-electron chi connectivity index (χ1n) is 3.53. The van der Waals surface area contributed by atoms with Gasteiger partial charge in [-0.15, -0.1) is 0 Å². The Labute approximate surface area is 85.4 Å². The van der Waals surface area contributed by atoms with Crippen LogP contribution in [0.15, 0.2) is 0 Å². The molecule has 1 amide bonds. The Kier molecular flexibility index (Phi) is 3.07. The molecule has 9 heteroatoms. The molecule has 0 saturated carbocycles. The van der Waals surface area contributed by atoms with Gasteiger partial charge in [0.2, 0.25) is 5.72 Å². The van der Waals surface area contributed by atoms with Crippen LogP contribution >= 0.6 is 11.8 Å². The van der Waals surface area contributed by atoms with Crippen molar-refractivity contribution in [2.75, 3.05) is 12.0 Å². The SMILES string of the molecule is CSCC1OS(=O)(=O)OC1(N)C(N)=O. The van der Waals surface area contributed by atoms with E-state index in [0.717, 1.165) is 0 Å². The molecule has 1 saturated heterocycles. The van der Waals surface area contributed by atoms with Crippen LogP contribution in [0, 0.1) is 0 Å². The smallest absolute Gasteiger partial charge is 0.366 e. The van der Waals surface area contributed by atoms with Crippen LogP contribution in [-0.2, 0) is 23.6 Å². The summed E-state index contributed by atoms with van der Waals surface area (Å²) in [5.41, 5.74) is 8.23. The Morgan fingerprint density at radius 1 is 1.64 bits per heavy atom. The van der Waals surface area contributed by atoms with Gasteiger partial charge in [-0.1, -0.05) is 0 Å². The lowest BCUT2D eigenvalue weighted by molar-refractivity contribution is -0.134. The number of carbonyl (C=O) groups excluding carboxylic acids is 1. The van der Waals surface area contributed by atoms with E-state index in [1.165, 1.54) is 11.8 Å². The lowest BCUT2D eigenvalue weighted by Crippen LogP contribution is -2.59. The predicted octanol–water partition coefficient (Wildman–Crippen LogP) is -1.85. The summed E-state index contributed by atoms with van der Waals surface area (Å²) in [6.07, 6.45) is 0.621. The van der Waals surface area contributed by atoms with E-state index in [4.69, 9.17) is 11.5 Å². The highest BCUT2D eigenvalue weighted by atomic mass is 32.3. The maximum atomic E-state index is 10.9. The third-order valence-corrected chi connectivity index (χ3v) is 3.24. The van der Waals surface area contributed by atoms with E-state index in [0.29, 0.717) is 0 Å². The zero-order valence-corrected chi connectivity index (χ0v) is 8.93. The molecule has 0 aromatic heterocycles. The average Bonchev–Trinajstić information content (AvgIpc) is 2.23. The molecule has 7 nitrogen and oxygen atoms in total. The number of nitrogens with two attached hydrogens (primary N) is 2. The number of primary amides is 1. The maximum Gasteiger partial charge on any atom is 0.402 e. The number of hydrogen-bond donors (Lipinski definition) is 2. The van der Waals surface area contributed by atoms with Gasteiger partial charge in [0.05, 0.1) is 0 Å². The van der Waals surface area contributed by atoms with Crippen LogP contribution in [-0.4, -0.2) is 38.2 Å². The van der Waals surface area contributed by atoms with E-state index < -0.39 is 28.1 Å². The summed E-state index contributed by atoms with van der Waals surface area (Å²) in [5.74, 6) is -0.879. The van der Waals surface area contributed by atoms with Gasteiger partial charge in [0.25, 0.3) is 5.91 Å². The molecule has 0 spiro atoms. The van der Waals surface area contributed by atoms with Crippen LogP contribution in [0.2, 0.25) is 0 Å². The molecular weight excluding hydrogens is 232 g/mol. The molecule has 1 heterocycles. The largest absolute Gasteiger partial charge is 0.402 e. The Balaban J connectivity index is 2.99. The second kappa shape index (κ2) is 3.66. The molecule has 1 aliphatic rings. The van der Waals surface area contributed by atoms with Gasteiger partial charge in [0, 0.05) is 5.75 Å². The standard InChI is InChI=1S/C5H10N2O5S2/c1-13-2-3-5(7,4(6)8)12-14(9,10)11-3/h3H,2,7H2,1H3,(H2,6,8). The van der Waals surface area contributed by atoms with E-state index in [2.05, 4.69) is 8.37 Å². The fraction of sp³-hybridized carbons (Fsp3) is 0.800. The van der Waals surface area contributed by atoms with Gasteiger partial charge in [-0.05, 0) is 6.26 Å². The van der Waals surface area contributed by atoms with Crippen LogP contribution < -0.4 is 11.5 Å². The summed E-state index contributed by atoms with van der Waals surface area (Å²) < 4.78 is 30.6. The van der Waals surface area contributed by atoms with Crippen molar-refractivity contribution in [1.29, 1.82) is 0 Å². The van der Waals surface area contributed by atoms with Gasteiger partial charge in [0.15, 0.2) is 0 Å². The van der Waals surface area contributed by atoms with Crippen molar-refractivity contribution in [3.8, 4) is 0 Å². The molecule has 2 unspecified atom stereocenters. The summed E-state index contributed by atoms with van der Waals surface area (Å²) >= 11 is 1.26. The second-order valence-corrected chi connectivity index (χ2v) is 4.78. The molecule has 0 bridgehead atoms. The first-order chi connectivity index (χ1) is 6.32. The number of amides is 1. The number of thioether (sulfide) groups is 1. The fourth-order valence-electron chi connectivity index (χ4n) is 0.959. The summed E-state index contributed by atoms with van der Waals surface area (Å²) in [4.78, 5) is 10.9. The zero-order chi connectivity index (χ0) is 11.0. The molecule has 1 fully saturated rings. The van der Waals surface area contributed by atoms with Gasteiger partial charge in [-0.25, -0.2) is 8.37 Å². The fourth-order valence-corrected chi connectivity index (χ4v) is 2.73. The highest BCUT2D eigenvalue weighted by Gasteiger charge is 2.55. The number of hydrogen-bond acceptors (Lipinski definition) is 7. The number of rotatable bonds is 3. The highest BCUT2D eigenvalue weighted by molar-refractivity contribution is 7.98. The van der Waals surface area contributed by atoms with Crippen molar-refractivity contribution in [2.24, 2.45) is 11.5 Å². The Hall–Kier alpha value is -0.350. The minimum atomic E-state index is -4.21. The first-order valence-corrected chi connectivity index (χ1v) is 6.26. The van der Waals surface area contributed by atoms with Crippen LogP contribution in [0.4, 0.5) is 0 Å². The predicted molar refractivity (Wildman–Crippen MR) is 49.4 cm³/mol. The zero-order valence-electron chi connectivity index (χ0n) is 7.30. The van der Waals surface area contributed by atoms with Gasteiger partial charge >= 0.3 is 10.4 Å². The lowest BCUT2D eigenvalue weighted by atomic mass is 10.1. The minimum Gasteiger partial charge on any atom is -0.366 e. The average molecular weight is 242 g/mol. The molecule has 2 atom stereocenters. The van der Waals surface area contributed by atoms with Crippen molar-refractivity contribution in [3.63, 3.8) is 0 Å². The van der Waals surface area contributed by atoms with E-state index in [1.807, 2.05) is 0 Å². The quantitative estimate of drug-likeness (QED) is 0.595. The molecule has 0 aromatic rings. The van der Waals surface area contributed by atoms with E-state index in [-0.39, 0.29) is 5.75 Å². The number of carbonyl (C=O) groups is 1. The lowest BCUT2D eigenvalue weighted by Gasteiger charge is -2.21. The molecule has 0 aromatic carbocycles. The molecule has 1 rings (SSSR count). The van der Waals surface area contributed by atoms with E-state index in [1.54, 1.807) is 6.26 Å². The third-order valence-electron chi connectivity index (χ3n) is 1.66. The van der Waals surface area contributed by atoms with Gasteiger partial charge in [-0.2, -0.15) is 20.2 Å². The van der Waals surface area contributed by atoms with Crippen molar-refractivity contribution < 1.29 is 21.6 Å². The summed E-state index contributed by atoms with van der Waals surface area (Å²) in [5, 5.41) is 0. The van der Waals surface area contributed by atoms with Crippen molar-refractivity contribution in [1.82, 2.24) is 0 Å². The second-order valence-electron chi connectivity index (χ2n) is 2.69. The highest BCUT2D eigenvalue weighted by Crippen LogP contribution is 2.28. The molecule has 14 heavy (non-hydrogen) atoms. The van der Waals surface area contributed by atoms with E-state index in [9.17, 15) is 13.2 Å². The van der Waals surface area contributed by atoms with Crippen LogP contribution in [0.1, 0.15) is 0 Å². The summed E-state index contributed by atoms with van der Waals surface area (Å²) in [6, 6.07) is 0. The normalized spacial score (nSPS) is 35.7. The minimum absolute atomic E-state index is 0.193. The van der Waals surface area contributed by atoms with Gasteiger partial charge in [0.1, 0.15) is 6.10 Å². The summed E-state index contributed by atoms with van der Waals surface area (Å²) in [6.45, 7) is 0. The molecule has 4 N–H and O–H groups in total. The third kappa shape index (κ3) is 2.01. The molecule has 0 aliphatic carbocycles. The molecule has 82 valence electrons. The van der Waals surface area contributed by atoms with Gasteiger partial charge in [-0.3, -0.25) is 10.5 Å². The topological polar surface area (TPSA) is 122 Å². The Morgan fingerprint density at radius 3 is 2.64 bits per heavy atom. The van der Waals surface area contributed by atoms with Crippen molar-refractivity contribution in [2.45, 2.75) is 11.8 Å². The van der Waals surface area contributed by atoms with Crippen LogP contribution in [0.25, 0.3) is 0 Å². The molecule has 1 aliphatic heterocycles. The van der Waals surface area contributed by atoms with Crippen LogP contribution in [0.3, 0.4) is 0 Å². The molecule has 0 radical (unpaired) electrons. The Bertz CT molecular complexity index is 342. The molecular formula is C5H10N2O5S2. The summed E-state index contributed by atoms with van der Waals surface area (Å²) in [7, 11) is -4.21. The van der Waals surface area contributed by atoms with Crippen LogP contribution in [0.5, 0.6) is 0 Å². The van der Waals surface area contributed by atoms with E-state index >= 15 is 0 Å². The Morgan fingerprint density at radius 2 is 2.21 bits per heavy atom.